The Morgan fingerprint density at radius 2 is 1.93 bits per heavy atom. The van der Waals surface area contributed by atoms with Crippen LogP contribution in [0.5, 0.6) is 0 Å². The Labute approximate surface area is 97.7 Å². The first-order valence-electron chi connectivity index (χ1n) is 3.70. The summed E-state index contributed by atoms with van der Waals surface area (Å²) in [5, 5.41) is 11.0. The van der Waals surface area contributed by atoms with E-state index in [4.69, 9.17) is 10.8 Å². The molecule has 0 heterocycles. The Hall–Kier alpha value is -0.590. The van der Waals surface area contributed by atoms with E-state index < -0.39 is 12.5 Å². The van der Waals surface area contributed by atoms with Crippen LogP contribution >= 0.6 is 31.9 Å². The third kappa shape index (κ3) is 2.70. The van der Waals surface area contributed by atoms with Gasteiger partial charge in [0, 0.05) is 14.6 Å². The zero-order valence-electron chi connectivity index (χ0n) is 7.05. The monoisotopic (exact) mass is 322 g/mol. The number of nitrogen functional groups attached to an aromatic ring is 1. The lowest BCUT2D eigenvalue weighted by Gasteiger charge is -2.07. The van der Waals surface area contributed by atoms with Gasteiger partial charge in [0.2, 0.25) is 5.91 Å². The van der Waals surface area contributed by atoms with E-state index in [0.29, 0.717) is 20.3 Å². The second-order valence-corrected chi connectivity index (χ2v) is 4.27. The Balaban J connectivity index is 2.95. The zero-order valence-corrected chi connectivity index (χ0v) is 10.2. The van der Waals surface area contributed by atoms with Crippen LogP contribution in [0.3, 0.4) is 0 Å². The summed E-state index contributed by atoms with van der Waals surface area (Å²) < 4.78 is 1.36. The largest absolute Gasteiger partial charge is 0.397 e. The van der Waals surface area contributed by atoms with Gasteiger partial charge in [-0.1, -0.05) is 0 Å². The quantitative estimate of drug-likeness (QED) is 0.725. The van der Waals surface area contributed by atoms with Gasteiger partial charge in [-0.25, -0.2) is 0 Å². The number of halogens is 2. The highest BCUT2D eigenvalue weighted by atomic mass is 79.9. The molecule has 4 nitrogen and oxygen atoms in total. The van der Waals surface area contributed by atoms with Crippen molar-refractivity contribution < 1.29 is 9.90 Å². The molecule has 0 fully saturated rings. The maximum Gasteiger partial charge on any atom is 0.250 e. The molecular weight excluding hydrogens is 316 g/mol. The molecule has 1 rings (SSSR count). The fraction of sp³-hybridized carbons (Fsp3) is 0.125. The van der Waals surface area contributed by atoms with Crippen molar-refractivity contribution in [1.29, 1.82) is 0 Å². The van der Waals surface area contributed by atoms with Crippen LogP contribution < -0.4 is 11.1 Å². The Morgan fingerprint density at radius 1 is 1.43 bits per heavy atom. The fourth-order valence-electron chi connectivity index (χ4n) is 0.857. The van der Waals surface area contributed by atoms with Crippen molar-refractivity contribution in [2.75, 3.05) is 17.7 Å². The zero-order chi connectivity index (χ0) is 10.7. The van der Waals surface area contributed by atoms with Gasteiger partial charge in [-0.05, 0) is 44.0 Å². The molecule has 1 amide bonds. The predicted octanol–water partition coefficient (Wildman–Crippen LogP) is 1.72. The highest BCUT2D eigenvalue weighted by Gasteiger charge is 2.06. The average molecular weight is 324 g/mol. The molecule has 0 bridgehead atoms. The molecular formula is C8H8Br2N2O2. The van der Waals surface area contributed by atoms with Crippen molar-refractivity contribution in [1.82, 2.24) is 0 Å². The van der Waals surface area contributed by atoms with E-state index in [1.165, 1.54) is 0 Å². The number of anilines is 2. The molecule has 0 atom stereocenters. The van der Waals surface area contributed by atoms with Crippen LogP contribution in [0.25, 0.3) is 0 Å². The van der Waals surface area contributed by atoms with Gasteiger partial charge in [0.1, 0.15) is 6.61 Å². The minimum Gasteiger partial charge on any atom is -0.397 e. The van der Waals surface area contributed by atoms with Crippen LogP contribution in [0.4, 0.5) is 11.4 Å². The molecule has 0 unspecified atom stereocenters. The van der Waals surface area contributed by atoms with E-state index in [1.54, 1.807) is 12.1 Å². The lowest BCUT2D eigenvalue weighted by molar-refractivity contribution is -0.118. The topological polar surface area (TPSA) is 75.3 Å². The summed E-state index contributed by atoms with van der Waals surface area (Å²) in [4.78, 5) is 10.9. The van der Waals surface area contributed by atoms with E-state index in [-0.39, 0.29) is 0 Å². The number of aliphatic hydroxyl groups is 1. The average Bonchev–Trinajstić information content (AvgIpc) is 2.14. The van der Waals surface area contributed by atoms with Crippen molar-refractivity contribution in [3.05, 3.63) is 21.1 Å². The number of benzene rings is 1. The standard InChI is InChI=1S/C8H8Br2N2O2/c9-5-1-4(12-7(14)3-13)2-6(10)8(5)11/h1-2,13H,3,11H2,(H,12,14). The summed E-state index contributed by atoms with van der Waals surface area (Å²) in [5.74, 6) is -0.464. The maximum atomic E-state index is 10.9. The number of nitrogens with one attached hydrogen (secondary N) is 1. The van der Waals surface area contributed by atoms with Crippen molar-refractivity contribution in [2.45, 2.75) is 0 Å². The SMILES string of the molecule is Nc1c(Br)cc(NC(=O)CO)cc1Br. The second kappa shape index (κ2) is 4.77. The molecule has 0 aliphatic heterocycles. The second-order valence-electron chi connectivity index (χ2n) is 2.56. The molecule has 0 aromatic heterocycles. The number of rotatable bonds is 2. The van der Waals surface area contributed by atoms with Crippen LogP contribution in [0.1, 0.15) is 0 Å². The van der Waals surface area contributed by atoms with Crippen LogP contribution in [-0.2, 0) is 4.79 Å². The summed E-state index contributed by atoms with van der Waals surface area (Å²) in [7, 11) is 0. The van der Waals surface area contributed by atoms with E-state index >= 15 is 0 Å². The number of nitrogens with two attached hydrogens (primary N) is 1. The maximum absolute atomic E-state index is 10.9. The van der Waals surface area contributed by atoms with E-state index in [1.807, 2.05) is 0 Å². The van der Waals surface area contributed by atoms with Crippen molar-refractivity contribution >= 4 is 49.1 Å². The normalized spacial score (nSPS) is 9.93. The van der Waals surface area contributed by atoms with Crippen LogP contribution in [0.15, 0.2) is 21.1 Å². The number of carbonyl (C=O) groups excluding carboxylic acids is 1. The van der Waals surface area contributed by atoms with Crippen LogP contribution in [0, 0.1) is 0 Å². The lowest BCUT2D eigenvalue weighted by atomic mass is 10.3. The van der Waals surface area contributed by atoms with Gasteiger partial charge >= 0.3 is 0 Å². The summed E-state index contributed by atoms with van der Waals surface area (Å²) in [6, 6.07) is 3.32. The first-order chi connectivity index (χ1) is 6.54. The van der Waals surface area contributed by atoms with Crippen LogP contribution in [-0.4, -0.2) is 17.6 Å². The first-order valence-corrected chi connectivity index (χ1v) is 5.28. The smallest absolute Gasteiger partial charge is 0.250 e. The fourth-order valence-corrected chi connectivity index (χ4v) is 2.04. The molecule has 0 aliphatic carbocycles. The number of carbonyl (C=O) groups is 1. The minimum atomic E-state index is -0.542. The third-order valence-corrected chi connectivity index (χ3v) is 2.82. The van der Waals surface area contributed by atoms with Gasteiger partial charge in [-0.3, -0.25) is 4.79 Å². The van der Waals surface area contributed by atoms with Crippen LogP contribution in [0.2, 0.25) is 0 Å². The molecule has 6 heteroatoms. The van der Waals surface area contributed by atoms with Gasteiger partial charge in [0.05, 0.1) is 5.69 Å². The molecule has 0 aliphatic rings. The Morgan fingerprint density at radius 3 is 2.36 bits per heavy atom. The highest BCUT2D eigenvalue weighted by Crippen LogP contribution is 2.31. The number of hydrogen-bond donors (Lipinski definition) is 3. The van der Waals surface area contributed by atoms with Gasteiger partial charge in [-0.2, -0.15) is 0 Å². The van der Waals surface area contributed by atoms with Gasteiger partial charge in [0.25, 0.3) is 0 Å². The lowest BCUT2D eigenvalue weighted by Crippen LogP contribution is -2.15. The highest BCUT2D eigenvalue weighted by molar-refractivity contribution is 9.11. The number of aliphatic hydroxyl groups excluding tert-OH is 1. The van der Waals surface area contributed by atoms with Gasteiger partial charge in [-0.15, -0.1) is 0 Å². The summed E-state index contributed by atoms with van der Waals surface area (Å²) in [5.41, 5.74) is 6.79. The van der Waals surface area contributed by atoms with E-state index in [9.17, 15) is 4.79 Å². The molecule has 4 N–H and O–H groups in total. The molecule has 0 saturated heterocycles. The van der Waals surface area contributed by atoms with Crippen molar-refractivity contribution in [3.8, 4) is 0 Å². The molecule has 1 aromatic carbocycles. The molecule has 0 spiro atoms. The number of hydrogen-bond acceptors (Lipinski definition) is 3. The van der Waals surface area contributed by atoms with Gasteiger partial charge in [0.15, 0.2) is 0 Å². The van der Waals surface area contributed by atoms with Gasteiger partial charge < -0.3 is 16.2 Å². The molecule has 76 valence electrons. The Kier molecular flexibility index (Phi) is 3.91. The van der Waals surface area contributed by atoms with Crippen molar-refractivity contribution in [2.24, 2.45) is 0 Å². The van der Waals surface area contributed by atoms with E-state index in [0.717, 1.165) is 0 Å². The predicted molar refractivity (Wildman–Crippen MR) is 62.0 cm³/mol. The number of amides is 1. The molecule has 0 saturated carbocycles. The molecule has 1 aromatic rings. The first kappa shape index (κ1) is 11.5. The summed E-state index contributed by atoms with van der Waals surface area (Å²) in [6.45, 7) is -0.542. The minimum absolute atomic E-state index is 0.464. The Bertz CT molecular complexity index is 345. The van der Waals surface area contributed by atoms with E-state index in [2.05, 4.69) is 37.2 Å². The summed E-state index contributed by atoms with van der Waals surface area (Å²) in [6.07, 6.45) is 0. The molecule has 14 heavy (non-hydrogen) atoms. The molecule has 0 radical (unpaired) electrons. The third-order valence-electron chi connectivity index (χ3n) is 1.51. The summed E-state index contributed by atoms with van der Waals surface area (Å²) >= 11 is 6.48. The van der Waals surface area contributed by atoms with Crippen molar-refractivity contribution in [3.63, 3.8) is 0 Å².